The van der Waals surface area contributed by atoms with Gasteiger partial charge in [0.2, 0.25) is 5.75 Å². The fraction of sp³-hybridized carbons (Fsp3) is 0.400. The minimum atomic E-state index is -3.86. The molecule has 1 heterocycles. The maximum atomic E-state index is 12.6. The van der Waals surface area contributed by atoms with Crippen molar-refractivity contribution in [1.82, 2.24) is 10.0 Å². The van der Waals surface area contributed by atoms with Crippen LogP contribution in [0.15, 0.2) is 35.3 Å². The van der Waals surface area contributed by atoms with Crippen LogP contribution in [0.4, 0.5) is 0 Å². The number of hydrogen-bond acceptors (Lipinski definition) is 8. The van der Waals surface area contributed by atoms with Crippen LogP contribution < -0.4 is 25.2 Å². The molecule has 0 aliphatic rings. The molecule has 2 N–H and O–H groups in total. The molecule has 170 valence electrons. The fourth-order valence-electron chi connectivity index (χ4n) is 3.04. The number of nitrogens with one attached hydrogen (secondary N) is 1. The van der Waals surface area contributed by atoms with Crippen molar-refractivity contribution in [2.75, 3.05) is 27.6 Å². The molecular weight excluding hydrogens is 428 g/mol. The minimum absolute atomic E-state index is 0.0502. The number of pyridine rings is 1. The van der Waals surface area contributed by atoms with Crippen LogP contribution in [-0.2, 0) is 21.2 Å². The second kappa shape index (κ2) is 9.40. The molecule has 10 nitrogen and oxygen atoms in total. The molecule has 1 unspecified atom stereocenters. The molecule has 0 spiro atoms. The van der Waals surface area contributed by atoms with Crippen LogP contribution in [0.3, 0.4) is 0 Å². The highest BCUT2D eigenvalue weighted by molar-refractivity contribution is 7.92. The van der Waals surface area contributed by atoms with E-state index in [2.05, 4.69) is 0 Å². The molecule has 1 amide bonds. The first-order chi connectivity index (χ1) is 14.5. The number of benzene rings is 1. The van der Waals surface area contributed by atoms with Crippen molar-refractivity contribution in [2.24, 2.45) is 0 Å². The molecule has 1 atom stereocenters. The Morgan fingerprint density at radius 3 is 2.10 bits per heavy atom. The first-order valence-electron chi connectivity index (χ1n) is 9.17. The molecule has 2 aromatic rings. The van der Waals surface area contributed by atoms with Gasteiger partial charge in [0.15, 0.2) is 26.1 Å². The van der Waals surface area contributed by atoms with Gasteiger partial charge in [0.25, 0.3) is 11.5 Å². The number of hydroxylamine groups is 1. The van der Waals surface area contributed by atoms with Crippen LogP contribution in [0.25, 0.3) is 11.1 Å². The molecule has 11 heteroatoms. The average Bonchev–Trinajstić information content (AvgIpc) is 2.75. The van der Waals surface area contributed by atoms with E-state index in [1.165, 1.54) is 50.6 Å². The monoisotopic (exact) mass is 454 g/mol. The molecule has 0 saturated carbocycles. The van der Waals surface area contributed by atoms with Gasteiger partial charge in [-0.25, -0.2) is 13.9 Å². The average molecular weight is 455 g/mol. The van der Waals surface area contributed by atoms with Crippen molar-refractivity contribution in [3.8, 4) is 28.4 Å². The van der Waals surface area contributed by atoms with Crippen molar-refractivity contribution in [2.45, 2.75) is 24.6 Å². The summed E-state index contributed by atoms with van der Waals surface area (Å²) in [5.74, 6) is 0.223. The summed E-state index contributed by atoms with van der Waals surface area (Å²) in [6, 6.07) is 6.45. The van der Waals surface area contributed by atoms with Gasteiger partial charge in [-0.1, -0.05) is 0 Å². The van der Waals surface area contributed by atoms with E-state index in [-0.39, 0.29) is 13.0 Å². The third-order valence-corrected chi connectivity index (χ3v) is 7.25. The van der Waals surface area contributed by atoms with Gasteiger partial charge in [0.1, 0.15) is 0 Å². The summed E-state index contributed by atoms with van der Waals surface area (Å²) < 4.78 is 39.5. The number of sulfone groups is 1. The lowest BCUT2D eigenvalue weighted by Gasteiger charge is -2.25. The van der Waals surface area contributed by atoms with Crippen LogP contribution in [0.1, 0.15) is 13.3 Å². The Kier molecular flexibility index (Phi) is 7.34. The van der Waals surface area contributed by atoms with Gasteiger partial charge in [-0.2, -0.15) is 0 Å². The van der Waals surface area contributed by atoms with Crippen molar-refractivity contribution in [1.29, 1.82) is 0 Å². The van der Waals surface area contributed by atoms with Crippen molar-refractivity contribution < 1.29 is 32.6 Å². The van der Waals surface area contributed by atoms with E-state index in [1.54, 1.807) is 18.2 Å². The van der Waals surface area contributed by atoms with Crippen LogP contribution in [0, 0.1) is 0 Å². The standard InChI is InChI=1S/C20H26N2O8S/c1-20(19(24)21-25,31(5,26)27)7-9-22-8-6-13(12-17(22)23)14-10-15(28-2)18(30-4)16(11-14)29-3/h6,8,10-12,25H,7,9H2,1-5H3,(H,21,24). The first kappa shape index (κ1) is 24.2. The maximum absolute atomic E-state index is 12.6. The predicted molar refractivity (Wildman–Crippen MR) is 114 cm³/mol. The number of carbonyl (C=O) groups excluding carboxylic acids is 1. The molecule has 31 heavy (non-hydrogen) atoms. The lowest BCUT2D eigenvalue weighted by Crippen LogP contribution is -2.49. The molecule has 1 aromatic carbocycles. The number of rotatable bonds is 9. The summed E-state index contributed by atoms with van der Waals surface area (Å²) in [5.41, 5.74) is 2.22. The first-order valence-corrected chi connectivity index (χ1v) is 11.1. The maximum Gasteiger partial charge on any atom is 0.264 e. The van der Waals surface area contributed by atoms with Crippen LogP contribution in [0.2, 0.25) is 0 Å². The van der Waals surface area contributed by atoms with Gasteiger partial charge in [-0.3, -0.25) is 14.8 Å². The summed E-state index contributed by atoms with van der Waals surface area (Å²) >= 11 is 0. The number of hydrogen-bond donors (Lipinski definition) is 2. The number of ether oxygens (including phenoxy) is 3. The SMILES string of the molecule is COc1cc(-c2ccn(CCC(C)(C(=O)NO)S(C)(=O)=O)c(=O)c2)cc(OC)c1OC. The summed E-state index contributed by atoms with van der Waals surface area (Å²) in [6.45, 7) is 1.15. The smallest absolute Gasteiger partial charge is 0.264 e. The summed E-state index contributed by atoms with van der Waals surface area (Å²) in [4.78, 5) is 24.6. The Hall–Kier alpha value is -3.05. The second-order valence-corrected chi connectivity index (χ2v) is 9.50. The normalized spacial score (nSPS) is 13.2. The molecular formula is C20H26N2O8S. The molecule has 1 aromatic heterocycles. The third-order valence-electron chi connectivity index (χ3n) is 5.22. The van der Waals surface area contributed by atoms with Crippen LogP contribution in [0.5, 0.6) is 17.2 Å². The topological polar surface area (TPSA) is 133 Å². The highest BCUT2D eigenvalue weighted by Crippen LogP contribution is 2.40. The molecule has 0 radical (unpaired) electrons. The minimum Gasteiger partial charge on any atom is -0.493 e. The largest absolute Gasteiger partial charge is 0.493 e. The van der Waals surface area contributed by atoms with E-state index in [1.807, 2.05) is 0 Å². The zero-order valence-corrected chi connectivity index (χ0v) is 18.8. The van der Waals surface area contributed by atoms with Gasteiger partial charge >= 0.3 is 0 Å². The highest BCUT2D eigenvalue weighted by atomic mass is 32.2. The van der Waals surface area contributed by atoms with Gasteiger partial charge in [0.05, 0.1) is 21.3 Å². The fourth-order valence-corrected chi connectivity index (χ4v) is 3.88. The predicted octanol–water partition coefficient (Wildman–Crippen LogP) is 1.24. The number of aryl methyl sites for hydroxylation is 1. The Labute approximate surface area is 180 Å². The van der Waals surface area contributed by atoms with Gasteiger partial charge in [-0.15, -0.1) is 0 Å². The quantitative estimate of drug-likeness (QED) is 0.427. The van der Waals surface area contributed by atoms with E-state index in [4.69, 9.17) is 19.4 Å². The van der Waals surface area contributed by atoms with E-state index in [0.717, 1.165) is 6.26 Å². The van der Waals surface area contributed by atoms with E-state index in [0.29, 0.717) is 28.4 Å². The van der Waals surface area contributed by atoms with Crippen molar-refractivity contribution in [3.63, 3.8) is 0 Å². The van der Waals surface area contributed by atoms with Gasteiger partial charge in [0, 0.05) is 25.1 Å². The Morgan fingerprint density at radius 1 is 1.10 bits per heavy atom. The third kappa shape index (κ3) is 4.83. The number of methoxy groups -OCH3 is 3. The van der Waals surface area contributed by atoms with Gasteiger partial charge < -0.3 is 18.8 Å². The molecule has 2 rings (SSSR count). The van der Waals surface area contributed by atoms with Crippen molar-refractivity contribution >= 4 is 15.7 Å². The summed E-state index contributed by atoms with van der Waals surface area (Å²) in [7, 11) is 0.603. The Bertz CT molecular complexity index is 1100. The zero-order chi connectivity index (χ0) is 23.4. The zero-order valence-electron chi connectivity index (χ0n) is 18.0. The summed E-state index contributed by atoms with van der Waals surface area (Å²) in [6.07, 6.45) is 2.20. The van der Waals surface area contributed by atoms with Gasteiger partial charge in [-0.05, 0) is 42.7 Å². The van der Waals surface area contributed by atoms with Crippen LogP contribution >= 0.6 is 0 Å². The molecule has 0 saturated heterocycles. The Balaban J connectivity index is 2.39. The lowest BCUT2D eigenvalue weighted by atomic mass is 10.0. The Morgan fingerprint density at radius 2 is 1.68 bits per heavy atom. The molecule has 0 bridgehead atoms. The highest BCUT2D eigenvalue weighted by Gasteiger charge is 2.43. The second-order valence-electron chi connectivity index (χ2n) is 7.06. The van der Waals surface area contributed by atoms with E-state index >= 15 is 0 Å². The van der Waals surface area contributed by atoms with Crippen molar-refractivity contribution in [3.05, 3.63) is 40.8 Å². The van der Waals surface area contributed by atoms with E-state index in [9.17, 15) is 18.0 Å². The van der Waals surface area contributed by atoms with Crippen LogP contribution in [-0.4, -0.2) is 56.4 Å². The lowest BCUT2D eigenvalue weighted by molar-refractivity contribution is -0.131. The molecule has 0 aliphatic carbocycles. The number of nitrogens with zero attached hydrogens (tertiary/aromatic N) is 1. The molecule has 0 fully saturated rings. The summed E-state index contributed by atoms with van der Waals surface area (Å²) in [5, 5.41) is 8.91. The molecule has 0 aliphatic heterocycles. The number of carbonyl (C=O) groups is 1. The number of amides is 1. The van der Waals surface area contributed by atoms with E-state index < -0.39 is 26.1 Å². The number of aromatic nitrogens is 1.